The van der Waals surface area contributed by atoms with Gasteiger partial charge in [0.15, 0.2) is 6.04 Å². The van der Waals surface area contributed by atoms with Gasteiger partial charge in [-0.25, -0.2) is 9.18 Å². The number of amides is 1. The van der Waals surface area contributed by atoms with Crippen LogP contribution in [0, 0.1) is 5.82 Å². The van der Waals surface area contributed by atoms with Crippen LogP contribution in [0.15, 0.2) is 18.2 Å². The Morgan fingerprint density at radius 3 is 2.48 bits per heavy atom. The van der Waals surface area contributed by atoms with Gasteiger partial charge in [0.05, 0.1) is 17.7 Å². The average Bonchev–Trinajstić information content (AvgIpc) is 3.18. The molecule has 9 heteroatoms. The van der Waals surface area contributed by atoms with Gasteiger partial charge in [0.1, 0.15) is 11.9 Å². The van der Waals surface area contributed by atoms with Crippen LogP contribution in [0.4, 0.5) is 17.6 Å². The van der Waals surface area contributed by atoms with E-state index in [0.29, 0.717) is 12.1 Å². The Bertz CT molecular complexity index is 583. The van der Waals surface area contributed by atoms with Gasteiger partial charge in [-0.05, 0) is 18.2 Å². The van der Waals surface area contributed by atoms with Crippen LogP contribution < -0.4 is 5.32 Å². The minimum atomic E-state index is -4.94. The van der Waals surface area contributed by atoms with Gasteiger partial charge in [-0.15, -0.1) is 0 Å². The molecule has 0 bridgehead atoms. The van der Waals surface area contributed by atoms with Gasteiger partial charge in [-0.3, -0.25) is 4.79 Å². The van der Waals surface area contributed by atoms with Gasteiger partial charge in [-0.1, -0.05) is 0 Å². The third-order valence-corrected chi connectivity index (χ3v) is 2.82. The molecule has 1 fully saturated rings. The average molecular weight is 307 g/mol. The summed E-state index contributed by atoms with van der Waals surface area (Å²) in [6.07, 6.45) is -5.72. The van der Waals surface area contributed by atoms with Crippen molar-refractivity contribution in [1.82, 2.24) is 5.32 Å². The molecule has 1 aliphatic heterocycles. The van der Waals surface area contributed by atoms with Gasteiger partial charge in [0.25, 0.3) is 5.91 Å². The number of aliphatic carboxylic acids is 1. The van der Waals surface area contributed by atoms with E-state index in [1.807, 2.05) is 5.32 Å². The summed E-state index contributed by atoms with van der Waals surface area (Å²) < 4.78 is 55.9. The number of carboxylic acid groups (broad SMARTS) is 1. The summed E-state index contributed by atoms with van der Waals surface area (Å²) in [4.78, 5) is 22.7. The monoisotopic (exact) mass is 307 g/mol. The van der Waals surface area contributed by atoms with Crippen molar-refractivity contribution in [3.05, 3.63) is 35.1 Å². The van der Waals surface area contributed by atoms with Crippen LogP contribution >= 0.6 is 0 Å². The summed E-state index contributed by atoms with van der Waals surface area (Å²) in [5, 5.41) is 10.8. The fraction of sp³-hybridized carbons (Fsp3) is 0.333. The highest BCUT2D eigenvalue weighted by molar-refractivity contribution is 5.98. The number of benzene rings is 1. The highest BCUT2D eigenvalue weighted by Crippen LogP contribution is 2.32. The Balaban J connectivity index is 2.28. The van der Waals surface area contributed by atoms with E-state index in [9.17, 15) is 27.2 Å². The number of rotatable bonds is 4. The Kier molecular flexibility index (Phi) is 3.86. The van der Waals surface area contributed by atoms with Crippen molar-refractivity contribution in [1.29, 1.82) is 0 Å². The maximum atomic E-state index is 12.9. The summed E-state index contributed by atoms with van der Waals surface area (Å²) in [5.41, 5.74) is -2.32. The van der Waals surface area contributed by atoms with Crippen LogP contribution in [-0.4, -0.2) is 35.7 Å². The van der Waals surface area contributed by atoms with Gasteiger partial charge < -0.3 is 15.2 Å². The fourth-order valence-corrected chi connectivity index (χ4v) is 1.73. The third-order valence-electron chi connectivity index (χ3n) is 2.82. The second-order valence-electron chi connectivity index (χ2n) is 4.35. The van der Waals surface area contributed by atoms with Crippen LogP contribution in [0.1, 0.15) is 15.9 Å². The number of hydrogen-bond acceptors (Lipinski definition) is 3. The summed E-state index contributed by atoms with van der Waals surface area (Å²) in [6, 6.07) is 0.0649. The molecule has 0 aromatic heterocycles. The normalized spacial score (nSPS) is 19.0. The fourth-order valence-electron chi connectivity index (χ4n) is 1.73. The van der Waals surface area contributed by atoms with Crippen LogP contribution in [-0.2, 0) is 15.7 Å². The predicted molar refractivity (Wildman–Crippen MR) is 60.0 cm³/mol. The van der Waals surface area contributed by atoms with Crippen molar-refractivity contribution in [3.63, 3.8) is 0 Å². The lowest BCUT2D eigenvalue weighted by molar-refractivity contribution is -0.139. The molecule has 1 saturated heterocycles. The summed E-state index contributed by atoms with van der Waals surface area (Å²) in [5.74, 6) is -3.84. The number of nitrogens with one attached hydrogen (secondary N) is 1. The van der Waals surface area contributed by atoms with E-state index >= 15 is 0 Å². The molecule has 0 aliphatic carbocycles. The van der Waals surface area contributed by atoms with Crippen molar-refractivity contribution in [2.45, 2.75) is 18.3 Å². The number of carbonyl (C=O) groups excluding carboxylic acids is 1. The third kappa shape index (κ3) is 3.48. The molecule has 1 heterocycles. The quantitative estimate of drug-likeness (QED) is 0.651. The number of halogens is 4. The first-order chi connectivity index (χ1) is 9.70. The molecule has 2 atom stereocenters. The molecule has 1 aromatic rings. The molecule has 5 nitrogen and oxygen atoms in total. The van der Waals surface area contributed by atoms with Crippen molar-refractivity contribution in [2.75, 3.05) is 6.61 Å². The zero-order chi connectivity index (χ0) is 15.8. The molecule has 1 aromatic carbocycles. The zero-order valence-electron chi connectivity index (χ0n) is 10.3. The summed E-state index contributed by atoms with van der Waals surface area (Å²) in [7, 11) is 0. The van der Waals surface area contributed by atoms with E-state index in [-0.39, 0.29) is 12.7 Å². The first kappa shape index (κ1) is 15.2. The maximum absolute atomic E-state index is 12.9. The molecule has 0 spiro atoms. The van der Waals surface area contributed by atoms with E-state index in [0.717, 1.165) is 0 Å². The molecule has 0 saturated carbocycles. The Morgan fingerprint density at radius 2 is 2.00 bits per heavy atom. The van der Waals surface area contributed by atoms with Gasteiger partial charge in [0.2, 0.25) is 0 Å². The number of ether oxygens (including phenoxy) is 1. The lowest BCUT2D eigenvalue weighted by Crippen LogP contribution is -2.45. The molecule has 2 unspecified atom stereocenters. The highest BCUT2D eigenvalue weighted by Gasteiger charge is 2.41. The first-order valence-corrected chi connectivity index (χ1v) is 5.72. The van der Waals surface area contributed by atoms with Crippen LogP contribution in [0.5, 0.6) is 0 Å². The van der Waals surface area contributed by atoms with Gasteiger partial charge in [-0.2, -0.15) is 13.2 Å². The number of alkyl halides is 3. The zero-order valence-corrected chi connectivity index (χ0v) is 10.3. The van der Waals surface area contributed by atoms with E-state index in [4.69, 9.17) is 9.84 Å². The Labute approximate surface area is 115 Å². The smallest absolute Gasteiger partial charge is 0.417 e. The standard InChI is InChI=1S/C12H9F4NO4/c13-5-1-2-6(7(3-5)12(14,15)16)10(18)17-9(11(19)20)8-4-21-8/h1-3,8-9H,4H2,(H,17,18)(H,19,20). The predicted octanol–water partition coefficient (Wildman–Crippen LogP) is 1.43. The van der Waals surface area contributed by atoms with Gasteiger partial charge in [0, 0.05) is 0 Å². The number of epoxide rings is 1. The first-order valence-electron chi connectivity index (χ1n) is 5.72. The summed E-state index contributed by atoms with van der Waals surface area (Å²) in [6.45, 7) is 0.0901. The molecular weight excluding hydrogens is 298 g/mol. The minimum absolute atomic E-state index is 0.0901. The number of carboxylic acids is 1. The number of carbonyl (C=O) groups is 2. The van der Waals surface area contributed by atoms with E-state index in [1.165, 1.54) is 0 Å². The Hall–Kier alpha value is -2.16. The van der Waals surface area contributed by atoms with E-state index < -0.39 is 47.1 Å². The maximum Gasteiger partial charge on any atom is 0.417 e. The molecule has 0 radical (unpaired) electrons. The molecule has 2 rings (SSSR count). The highest BCUT2D eigenvalue weighted by atomic mass is 19.4. The largest absolute Gasteiger partial charge is 0.480 e. The molecule has 2 N–H and O–H groups in total. The Morgan fingerprint density at radius 1 is 1.38 bits per heavy atom. The topological polar surface area (TPSA) is 78.9 Å². The molecule has 1 amide bonds. The molecule has 114 valence electrons. The van der Waals surface area contributed by atoms with Crippen molar-refractivity contribution >= 4 is 11.9 Å². The molecule has 21 heavy (non-hydrogen) atoms. The van der Waals surface area contributed by atoms with Crippen molar-refractivity contribution < 1.29 is 37.0 Å². The van der Waals surface area contributed by atoms with E-state index in [2.05, 4.69) is 0 Å². The number of hydrogen-bond donors (Lipinski definition) is 2. The second kappa shape index (κ2) is 5.32. The van der Waals surface area contributed by atoms with Crippen LogP contribution in [0.25, 0.3) is 0 Å². The molecular formula is C12H9F4NO4. The van der Waals surface area contributed by atoms with Crippen molar-refractivity contribution in [3.8, 4) is 0 Å². The lowest BCUT2D eigenvalue weighted by Gasteiger charge is -2.15. The SMILES string of the molecule is O=C(NC(C(=O)O)C1CO1)c1ccc(F)cc1C(F)(F)F. The van der Waals surface area contributed by atoms with Crippen LogP contribution in [0.2, 0.25) is 0 Å². The van der Waals surface area contributed by atoms with Gasteiger partial charge >= 0.3 is 12.1 Å². The molecule has 1 aliphatic rings. The minimum Gasteiger partial charge on any atom is -0.480 e. The van der Waals surface area contributed by atoms with Crippen molar-refractivity contribution in [2.24, 2.45) is 0 Å². The summed E-state index contributed by atoms with van der Waals surface area (Å²) >= 11 is 0. The second-order valence-corrected chi connectivity index (χ2v) is 4.35. The van der Waals surface area contributed by atoms with Crippen LogP contribution in [0.3, 0.4) is 0 Å². The van der Waals surface area contributed by atoms with E-state index in [1.54, 1.807) is 0 Å². The lowest BCUT2D eigenvalue weighted by atomic mass is 10.1.